The van der Waals surface area contributed by atoms with E-state index in [1.54, 1.807) is 22.9 Å². The Bertz CT molecular complexity index is 1000. The van der Waals surface area contributed by atoms with Gasteiger partial charge >= 0.3 is 0 Å². The first-order valence-corrected chi connectivity index (χ1v) is 9.23. The van der Waals surface area contributed by atoms with Gasteiger partial charge in [0.05, 0.1) is 18.3 Å². The van der Waals surface area contributed by atoms with E-state index in [0.29, 0.717) is 17.9 Å². The van der Waals surface area contributed by atoms with Crippen molar-refractivity contribution in [3.8, 4) is 5.75 Å². The summed E-state index contributed by atoms with van der Waals surface area (Å²) < 4.78 is 8.15. The largest absolute Gasteiger partial charge is 0.483 e. The van der Waals surface area contributed by atoms with Gasteiger partial charge in [0, 0.05) is 23.3 Å². The maximum absolute atomic E-state index is 12.3. The summed E-state index contributed by atoms with van der Waals surface area (Å²) in [5.41, 5.74) is 2.01. The molecule has 0 radical (unpaired) electrons. The number of aryl methyl sites for hydroxylation is 1. The highest BCUT2D eigenvalue weighted by Gasteiger charge is 2.11. The normalized spacial score (nSPS) is 10.4. The molecule has 3 aromatic rings. The van der Waals surface area contributed by atoms with Crippen LogP contribution in [0.3, 0.4) is 0 Å². The van der Waals surface area contributed by atoms with Gasteiger partial charge in [-0.3, -0.25) is 9.59 Å². The fraction of sp³-hybridized carbons (Fsp3) is 0.143. The molecule has 0 aliphatic rings. The lowest BCUT2D eigenvalue weighted by molar-refractivity contribution is 0.0949. The summed E-state index contributed by atoms with van der Waals surface area (Å²) >= 11 is 3.36. The summed E-state index contributed by atoms with van der Waals surface area (Å²) in [5.74, 6) is 0.0709. The van der Waals surface area contributed by atoms with E-state index in [-0.39, 0.29) is 23.6 Å². The molecule has 27 heavy (non-hydrogen) atoms. The van der Waals surface area contributed by atoms with Gasteiger partial charge in [-0.1, -0.05) is 42.5 Å². The molecular formula is C21H19BrN2O3. The van der Waals surface area contributed by atoms with Crippen LogP contribution in [-0.4, -0.2) is 10.5 Å². The molecule has 0 aliphatic heterocycles. The van der Waals surface area contributed by atoms with Gasteiger partial charge in [-0.05, 0) is 33.6 Å². The quantitative estimate of drug-likeness (QED) is 0.654. The molecule has 138 valence electrons. The smallest absolute Gasteiger partial charge is 0.252 e. The Labute approximate surface area is 165 Å². The minimum atomic E-state index is -0.214. The summed E-state index contributed by atoms with van der Waals surface area (Å²) in [6, 6.07) is 18.3. The minimum absolute atomic E-state index is 0.209. The number of hydrogen-bond acceptors (Lipinski definition) is 3. The lowest BCUT2D eigenvalue weighted by Crippen LogP contribution is -2.26. The lowest BCUT2D eigenvalue weighted by Gasteiger charge is -2.13. The molecule has 2 aromatic carbocycles. The number of ether oxygens (including phenoxy) is 1. The van der Waals surface area contributed by atoms with E-state index in [1.165, 1.54) is 6.07 Å². The Morgan fingerprint density at radius 1 is 1.11 bits per heavy atom. The number of carbonyl (C=O) groups is 1. The number of halogens is 1. The van der Waals surface area contributed by atoms with Crippen LogP contribution >= 0.6 is 15.9 Å². The van der Waals surface area contributed by atoms with Gasteiger partial charge in [0.15, 0.2) is 5.75 Å². The fourth-order valence-electron chi connectivity index (χ4n) is 2.58. The zero-order chi connectivity index (χ0) is 19.2. The van der Waals surface area contributed by atoms with Crippen LogP contribution in [0.25, 0.3) is 0 Å². The molecular weight excluding hydrogens is 408 g/mol. The Kier molecular flexibility index (Phi) is 6.08. The van der Waals surface area contributed by atoms with Crippen molar-refractivity contribution in [1.29, 1.82) is 0 Å². The van der Waals surface area contributed by atoms with Crippen LogP contribution in [0.15, 0.2) is 76.1 Å². The average molecular weight is 427 g/mol. The number of rotatable bonds is 6. The molecule has 1 heterocycles. The van der Waals surface area contributed by atoms with Gasteiger partial charge in [0.1, 0.15) is 6.61 Å². The number of nitrogens with zero attached hydrogens (tertiary/aromatic N) is 1. The predicted molar refractivity (Wildman–Crippen MR) is 108 cm³/mol. The second kappa shape index (κ2) is 8.68. The molecule has 0 fully saturated rings. The molecule has 0 saturated heterocycles. The molecule has 0 aliphatic carbocycles. The van der Waals surface area contributed by atoms with Gasteiger partial charge in [0.25, 0.3) is 5.91 Å². The Hall–Kier alpha value is -2.86. The lowest BCUT2D eigenvalue weighted by atomic mass is 10.2. The molecule has 1 aromatic heterocycles. The number of benzene rings is 2. The molecule has 0 unspecified atom stereocenters. The van der Waals surface area contributed by atoms with Crippen molar-refractivity contribution in [2.24, 2.45) is 7.05 Å². The van der Waals surface area contributed by atoms with Crippen molar-refractivity contribution in [3.05, 3.63) is 98.4 Å². The number of carbonyl (C=O) groups excluding carboxylic acids is 1. The van der Waals surface area contributed by atoms with Gasteiger partial charge < -0.3 is 14.6 Å². The monoisotopic (exact) mass is 426 g/mol. The average Bonchev–Trinajstić information content (AvgIpc) is 2.68. The van der Waals surface area contributed by atoms with Crippen LogP contribution in [0.2, 0.25) is 0 Å². The summed E-state index contributed by atoms with van der Waals surface area (Å²) in [6.45, 7) is 0.569. The van der Waals surface area contributed by atoms with E-state index in [2.05, 4.69) is 21.2 Å². The van der Waals surface area contributed by atoms with E-state index in [0.717, 1.165) is 10.0 Å². The molecule has 6 heteroatoms. The standard InChI is InChI=1S/C21H19BrN2O3/c1-24-13-20(27-14-15-7-3-2-4-8-15)19(25)11-16(24)12-23-21(26)17-9-5-6-10-18(17)22/h2-11,13H,12,14H2,1H3,(H,23,26). The third-order valence-corrected chi connectivity index (χ3v) is 4.78. The number of pyridine rings is 1. The van der Waals surface area contributed by atoms with Crippen molar-refractivity contribution in [2.45, 2.75) is 13.2 Å². The van der Waals surface area contributed by atoms with E-state index in [9.17, 15) is 9.59 Å². The second-order valence-electron chi connectivity index (χ2n) is 6.04. The summed E-state index contributed by atoms with van der Waals surface area (Å²) in [5, 5.41) is 2.83. The van der Waals surface area contributed by atoms with Crippen LogP contribution in [0.1, 0.15) is 21.6 Å². The third kappa shape index (κ3) is 4.86. The first kappa shape index (κ1) is 18.9. The highest BCUT2D eigenvalue weighted by Crippen LogP contribution is 2.16. The topological polar surface area (TPSA) is 60.3 Å². The fourth-order valence-corrected chi connectivity index (χ4v) is 3.04. The number of aromatic nitrogens is 1. The summed E-state index contributed by atoms with van der Waals surface area (Å²) in [4.78, 5) is 24.6. The number of hydrogen-bond donors (Lipinski definition) is 1. The summed E-state index contributed by atoms with van der Waals surface area (Å²) in [7, 11) is 1.81. The van der Waals surface area contributed by atoms with Crippen molar-refractivity contribution in [3.63, 3.8) is 0 Å². The molecule has 3 rings (SSSR count). The predicted octanol–water partition coefficient (Wildman–Crippen LogP) is 3.66. The molecule has 1 N–H and O–H groups in total. The Balaban J connectivity index is 1.67. The van der Waals surface area contributed by atoms with Crippen LogP contribution in [0, 0.1) is 0 Å². The Morgan fingerprint density at radius 2 is 1.81 bits per heavy atom. The molecule has 0 spiro atoms. The van der Waals surface area contributed by atoms with Crippen molar-refractivity contribution in [1.82, 2.24) is 9.88 Å². The van der Waals surface area contributed by atoms with Crippen LogP contribution in [0.5, 0.6) is 5.75 Å². The molecule has 0 bridgehead atoms. The van der Waals surface area contributed by atoms with Gasteiger partial charge in [-0.25, -0.2) is 0 Å². The molecule has 1 amide bonds. The maximum atomic E-state index is 12.3. The van der Waals surface area contributed by atoms with Crippen molar-refractivity contribution >= 4 is 21.8 Å². The highest BCUT2D eigenvalue weighted by molar-refractivity contribution is 9.10. The van der Waals surface area contributed by atoms with Gasteiger partial charge in [-0.15, -0.1) is 0 Å². The minimum Gasteiger partial charge on any atom is -0.483 e. The molecule has 0 saturated carbocycles. The van der Waals surface area contributed by atoms with E-state index in [4.69, 9.17) is 4.74 Å². The maximum Gasteiger partial charge on any atom is 0.252 e. The van der Waals surface area contributed by atoms with Crippen LogP contribution < -0.4 is 15.5 Å². The van der Waals surface area contributed by atoms with Gasteiger partial charge in [0.2, 0.25) is 5.43 Å². The zero-order valence-corrected chi connectivity index (χ0v) is 16.4. The SMILES string of the molecule is Cn1cc(OCc2ccccc2)c(=O)cc1CNC(=O)c1ccccc1Br. The van der Waals surface area contributed by atoms with Gasteiger partial charge in [-0.2, -0.15) is 0 Å². The number of nitrogens with one attached hydrogen (secondary N) is 1. The van der Waals surface area contributed by atoms with Crippen molar-refractivity contribution in [2.75, 3.05) is 0 Å². The Morgan fingerprint density at radius 3 is 2.56 bits per heavy atom. The third-order valence-electron chi connectivity index (χ3n) is 4.09. The molecule has 5 nitrogen and oxygen atoms in total. The number of amides is 1. The second-order valence-corrected chi connectivity index (χ2v) is 6.90. The van der Waals surface area contributed by atoms with E-state index in [1.807, 2.05) is 49.5 Å². The van der Waals surface area contributed by atoms with Crippen LogP contribution in [-0.2, 0) is 20.2 Å². The first-order chi connectivity index (χ1) is 13.0. The van der Waals surface area contributed by atoms with E-state index >= 15 is 0 Å². The summed E-state index contributed by atoms with van der Waals surface area (Å²) in [6.07, 6.45) is 1.64. The van der Waals surface area contributed by atoms with E-state index < -0.39 is 0 Å². The van der Waals surface area contributed by atoms with Crippen LogP contribution in [0.4, 0.5) is 0 Å². The van der Waals surface area contributed by atoms with Crippen molar-refractivity contribution < 1.29 is 9.53 Å². The molecule has 0 atom stereocenters. The zero-order valence-electron chi connectivity index (χ0n) is 14.8. The first-order valence-electron chi connectivity index (χ1n) is 8.43. The highest BCUT2D eigenvalue weighted by atomic mass is 79.9.